The highest BCUT2D eigenvalue weighted by Crippen LogP contribution is 2.26. The molecule has 13 heteroatoms. The average molecular weight is 553 g/mol. The molecule has 1 aliphatic rings. The highest BCUT2D eigenvalue weighted by molar-refractivity contribution is 6.67. The summed E-state index contributed by atoms with van der Waals surface area (Å²) in [5.74, 6) is -1.64. The maximum Gasteiger partial charge on any atom is 0.407 e. The minimum Gasteiger partial charge on any atom is -0.480 e. The van der Waals surface area contributed by atoms with Gasteiger partial charge in [0, 0.05) is 13.1 Å². The van der Waals surface area contributed by atoms with E-state index in [9.17, 15) is 24.3 Å². The molecule has 0 aromatic heterocycles. The third kappa shape index (κ3) is 10.8. The molecule has 1 aromatic carbocycles. The molecule has 0 unspecified atom stereocenters. The molecule has 1 heterocycles. The van der Waals surface area contributed by atoms with Crippen molar-refractivity contribution in [2.45, 2.75) is 54.6 Å². The van der Waals surface area contributed by atoms with Crippen molar-refractivity contribution in [2.24, 2.45) is 0 Å². The zero-order valence-corrected chi connectivity index (χ0v) is 21.2. The van der Waals surface area contributed by atoms with Crippen molar-refractivity contribution in [3.8, 4) is 0 Å². The van der Waals surface area contributed by atoms with E-state index in [1.807, 2.05) is 30.3 Å². The van der Waals surface area contributed by atoms with Gasteiger partial charge in [-0.05, 0) is 37.7 Å². The van der Waals surface area contributed by atoms with Crippen LogP contribution in [0.4, 0.5) is 9.59 Å². The van der Waals surface area contributed by atoms with Crippen LogP contribution in [0.1, 0.15) is 37.7 Å². The molecule has 1 aliphatic heterocycles. The van der Waals surface area contributed by atoms with Crippen molar-refractivity contribution in [1.82, 2.24) is 15.5 Å². The molecule has 10 nitrogen and oxygen atoms in total. The lowest BCUT2D eigenvalue weighted by molar-refractivity contribution is -0.149. The van der Waals surface area contributed by atoms with E-state index in [4.69, 9.17) is 44.3 Å². The Labute approximate surface area is 218 Å². The molecule has 0 radical (unpaired) electrons. The second-order valence-electron chi connectivity index (χ2n) is 7.90. The highest BCUT2D eigenvalue weighted by Gasteiger charge is 2.37. The van der Waals surface area contributed by atoms with Gasteiger partial charge in [0.15, 0.2) is 0 Å². The van der Waals surface area contributed by atoms with Crippen LogP contribution in [0.3, 0.4) is 0 Å². The van der Waals surface area contributed by atoms with Gasteiger partial charge in [0.2, 0.25) is 9.70 Å². The number of halogens is 3. The Bertz CT molecular complexity index is 868. The van der Waals surface area contributed by atoms with E-state index in [1.165, 1.54) is 4.90 Å². The summed E-state index contributed by atoms with van der Waals surface area (Å²) in [6.07, 6.45) is 0.441. The van der Waals surface area contributed by atoms with Crippen molar-refractivity contribution >= 4 is 58.9 Å². The van der Waals surface area contributed by atoms with Gasteiger partial charge in [0.05, 0.1) is 0 Å². The smallest absolute Gasteiger partial charge is 0.407 e. The van der Waals surface area contributed by atoms with Crippen LogP contribution in [0.25, 0.3) is 0 Å². The van der Waals surface area contributed by atoms with Crippen LogP contribution in [0.15, 0.2) is 30.3 Å². The van der Waals surface area contributed by atoms with Crippen molar-refractivity contribution in [3.63, 3.8) is 0 Å². The zero-order valence-electron chi connectivity index (χ0n) is 18.9. The van der Waals surface area contributed by atoms with Crippen molar-refractivity contribution < 1.29 is 33.8 Å². The SMILES string of the molecule is O=C(NCCCC[C@H](NC(=O)OCC(Cl)(Cl)Cl)C(=O)N1CCC[C@H]1C(=O)O)OCc1ccccc1. The van der Waals surface area contributed by atoms with E-state index in [0.29, 0.717) is 25.7 Å². The number of alkyl halides is 3. The molecular weight excluding hydrogens is 525 g/mol. The number of aliphatic carboxylic acids is 1. The van der Waals surface area contributed by atoms with Gasteiger partial charge in [-0.2, -0.15) is 0 Å². The highest BCUT2D eigenvalue weighted by atomic mass is 35.6. The molecule has 3 N–H and O–H groups in total. The lowest BCUT2D eigenvalue weighted by atomic mass is 10.1. The first kappa shape index (κ1) is 28.8. The Hall–Kier alpha value is -2.43. The fraction of sp³-hybridized carbons (Fsp3) is 0.545. The molecule has 0 spiro atoms. The van der Waals surface area contributed by atoms with Gasteiger partial charge in [-0.25, -0.2) is 14.4 Å². The standard InChI is InChI=1S/C22H28Cl3N3O7/c23-22(24,25)14-35-21(33)27-16(18(29)28-12-6-10-17(28)19(30)31)9-4-5-11-26-20(32)34-13-15-7-2-1-3-8-15/h1-3,7-8,16-17H,4-6,9-14H2,(H,26,32)(H,27,33)(H,30,31)/t16-,17-/m0/s1. The summed E-state index contributed by atoms with van der Waals surface area (Å²) in [5, 5.41) is 14.4. The van der Waals surface area contributed by atoms with E-state index in [0.717, 1.165) is 5.56 Å². The number of nitrogens with one attached hydrogen (secondary N) is 2. The number of carboxylic acids is 1. The number of amides is 3. The fourth-order valence-corrected chi connectivity index (χ4v) is 3.68. The summed E-state index contributed by atoms with van der Waals surface area (Å²) in [6, 6.07) is 7.24. The van der Waals surface area contributed by atoms with Gasteiger partial charge in [-0.3, -0.25) is 4.79 Å². The number of alkyl carbamates (subject to hydrolysis) is 2. The van der Waals surface area contributed by atoms with Gasteiger partial charge in [-0.15, -0.1) is 0 Å². The lowest BCUT2D eigenvalue weighted by Gasteiger charge is -2.27. The first-order valence-electron chi connectivity index (χ1n) is 11.0. The van der Waals surface area contributed by atoms with Crippen LogP contribution < -0.4 is 10.6 Å². The molecule has 35 heavy (non-hydrogen) atoms. The van der Waals surface area contributed by atoms with Crippen molar-refractivity contribution in [3.05, 3.63) is 35.9 Å². The van der Waals surface area contributed by atoms with Crippen LogP contribution >= 0.6 is 34.8 Å². The predicted octanol–water partition coefficient (Wildman–Crippen LogP) is 3.62. The Morgan fingerprint density at radius 2 is 1.80 bits per heavy atom. The van der Waals surface area contributed by atoms with Crippen molar-refractivity contribution in [2.75, 3.05) is 19.7 Å². The number of carboxylic acid groups (broad SMARTS) is 1. The predicted molar refractivity (Wildman–Crippen MR) is 129 cm³/mol. The second-order valence-corrected chi connectivity index (χ2v) is 10.4. The first-order valence-corrected chi connectivity index (χ1v) is 12.2. The number of nitrogens with zero attached hydrogens (tertiary/aromatic N) is 1. The number of ether oxygens (including phenoxy) is 2. The topological polar surface area (TPSA) is 134 Å². The maximum absolute atomic E-state index is 13.0. The van der Waals surface area contributed by atoms with Crippen LogP contribution in [0, 0.1) is 0 Å². The van der Waals surface area contributed by atoms with Gasteiger partial charge < -0.3 is 30.1 Å². The van der Waals surface area contributed by atoms with E-state index < -0.39 is 46.5 Å². The Morgan fingerprint density at radius 1 is 1.09 bits per heavy atom. The summed E-state index contributed by atoms with van der Waals surface area (Å²) in [7, 11) is 0. The molecule has 0 aliphatic carbocycles. The Kier molecular flexibility index (Phi) is 11.7. The molecule has 3 amide bonds. The Balaban J connectivity index is 1.83. The number of unbranched alkanes of at least 4 members (excludes halogenated alkanes) is 1. The fourth-order valence-electron chi connectivity index (χ4n) is 3.51. The number of benzene rings is 1. The largest absolute Gasteiger partial charge is 0.480 e. The number of hydrogen-bond donors (Lipinski definition) is 3. The number of rotatable bonds is 11. The molecule has 0 saturated carbocycles. The van der Waals surface area contributed by atoms with Gasteiger partial charge in [0.1, 0.15) is 25.3 Å². The zero-order chi connectivity index (χ0) is 25.8. The number of carbonyl (C=O) groups is 4. The first-order chi connectivity index (χ1) is 16.6. The monoisotopic (exact) mass is 551 g/mol. The molecule has 1 aromatic rings. The van der Waals surface area contributed by atoms with Crippen LogP contribution in [0.2, 0.25) is 0 Å². The number of carbonyl (C=O) groups excluding carboxylic acids is 3. The molecule has 194 valence electrons. The van der Waals surface area contributed by atoms with Crippen LogP contribution in [-0.4, -0.2) is 69.6 Å². The molecule has 1 saturated heterocycles. The van der Waals surface area contributed by atoms with Gasteiger partial charge in [0.25, 0.3) is 0 Å². The summed E-state index contributed by atoms with van der Waals surface area (Å²) in [5.41, 5.74) is 0.860. The van der Waals surface area contributed by atoms with Crippen LogP contribution in [-0.2, 0) is 25.7 Å². The maximum atomic E-state index is 13.0. The summed E-state index contributed by atoms with van der Waals surface area (Å²) >= 11 is 16.7. The molecular formula is C22H28Cl3N3O7. The van der Waals surface area contributed by atoms with Crippen LogP contribution in [0.5, 0.6) is 0 Å². The van der Waals surface area contributed by atoms with Gasteiger partial charge >= 0.3 is 18.2 Å². The lowest BCUT2D eigenvalue weighted by Crippen LogP contribution is -2.52. The average Bonchev–Trinajstić information content (AvgIpc) is 3.30. The summed E-state index contributed by atoms with van der Waals surface area (Å²) in [4.78, 5) is 49.7. The third-order valence-electron chi connectivity index (χ3n) is 5.18. The Morgan fingerprint density at radius 3 is 2.46 bits per heavy atom. The van der Waals surface area contributed by atoms with E-state index >= 15 is 0 Å². The molecule has 2 rings (SSSR count). The van der Waals surface area contributed by atoms with E-state index in [-0.39, 0.29) is 26.1 Å². The van der Waals surface area contributed by atoms with Crippen molar-refractivity contribution in [1.29, 1.82) is 0 Å². The normalized spacial score (nSPS) is 16.3. The third-order valence-corrected chi connectivity index (χ3v) is 5.51. The second kappa shape index (κ2) is 14.2. The quantitative estimate of drug-likeness (QED) is 0.282. The van der Waals surface area contributed by atoms with E-state index in [1.54, 1.807) is 0 Å². The van der Waals surface area contributed by atoms with E-state index in [2.05, 4.69) is 10.6 Å². The number of likely N-dealkylation sites (tertiary alicyclic amines) is 1. The summed E-state index contributed by atoms with van der Waals surface area (Å²) < 4.78 is 8.15. The molecule has 2 atom stereocenters. The number of hydrogen-bond acceptors (Lipinski definition) is 6. The summed E-state index contributed by atoms with van der Waals surface area (Å²) in [6.45, 7) is 0.171. The minimum absolute atomic E-state index is 0.143. The molecule has 1 fully saturated rings. The molecule has 0 bridgehead atoms. The minimum atomic E-state index is -1.82. The van der Waals surface area contributed by atoms with Gasteiger partial charge in [-0.1, -0.05) is 65.1 Å².